The number of amides is 3. The maximum absolute atomic E-state index is 14.7. The van der Waals surface area contributed by atoms with E-state index in [1.807, 2.05) is 16.7 Å². The number of pyridine rings is 1. The number of methoxy groups -OCH3 is 1. The molecule has 6 rings (SSSR count). The van der Waals surface area contributed by atoms with Crippen LogP contribution >= 0.6 is 0 Å². The molecule has 2 aromatic heterocycles. The van der Waals surface area contributed by atoms with Crippen molar-refractivity contribution in [3.63, 3.8) is 0 Å². The Morgan fingerprint density at radius 2 is 2.00 bits per heavy atom. The van der Waals surface area contributed by atoms with Crippen molar-refractivity contribution in [3.8, 4) is 0 Å². The third-order valence-electron chi connectivity index (χ3n) is 8.39. The number of rotatable bonds is 4. The molecule has 3 aliphatic heterocycles. The third kappa shape index (κ3) is 4.34. The minimum atomic E-state index is -0.873. The first-order valence-corrected chi connectivity index (χ1v) is 13.2. The van der Waals surface area contributed by atoms with Gasteiger partial charge in [0, 0.05) is 44.4 Å². The second-order valence-electron chi connectivity index (χ2n) is 10.5. The van der Waals surface area contributed by atoms with E-state index < -0.39 is 23.1 Å². The number of nitrogens with one attached hydrogen (secondary N) is 2. The van der Waals surface area contributed by atoms with Crippen LogP contribution in [-0.4, -0.2) is 51.6 Å². The van der Waals surface area contributed by atoms with Gasteiger partial charge in [-0.15, -0.1) is 0 Å². The Morgan fingerprint density at radius 1 is 1.18 bits per heavy atom. The van der Waals surface area contributed by atoms with Gasteiger partial charge in [0.05, 0.1) is 30.0 Å². The molecule has 2 atom stereocenters. The fourth-order valence-electron chi connectivity index (χ4n) is 6.28. The van der Waals surface area contributed by atoms with E-state index in [4.69, 9.17) is 4.74 Å². The lowest BCUT2D eigenvalue weighted by Gasteiger charge is -2.38. The number of likely N-dealkylation sites (tertiary alicyclic amines) is 1. The number of imidazole rings is 1. The summed E-state index contributed by atoms with van der Waals surface area (Å²) in [5, 5.41) is 6.01. The van der Waals surface area contributed by atoms with Gasteiger partial charge in [0.25, 0.3) is 0 Å². The van der Waals surface area contributed by atoms with Crippen LogP contribution in [-0.2, 0) is 28.1 Å². The predicted molar refractivity (Wildman–Crippen MR) is 138 cm³/mol. The summed E-state index contributed by atoms with van der Waals surface area (Å²) in [5.74, 6) is -0.809. The van der Waals surface area contributed by atoms with Crippen LogP contribution in [0.4, 0.5) is 19.4 Å². The fraction of sp³-hybridized carbons (Fsp3) is 0.429. The van der Waals surface area contributed by atoms with Crippen molar-refractivity contribution < 1.29 is 23.1 Å². The molecule has 1 fully saturated rings. The SMILES string of the molecule is COCc1cnc2n1C[C@H](c1cccc(F)c1F)CC[C@H]2NC(=O)N1CCC2(CC1)C(=O)Nc1ncccc12. The Labute approximate surface area is 224 Å². The largest absolute Gasteiger partial charge is 0.378 e. The van der Waals surface area contributed by atoms with Gasteiger partial charge in [-0.1, -0.05) is 18.2 Å². The van der Waals surface area contributed by atoms with Crippen molar-refractivity contribution in [2.75, 3.05) is 25.5 Å². The van der Waals surface area contributed by atoms with Crippen LogP contribution in [0.25, 0.3) is 0 Å². The zero-order valence-electron chi connectivity index (χ0n) is 21.6. The van der Waals surface area contributed by atoms with Crippen LogP contribution in [0.1, 0.15) is 60.3 Å². The van der Waals surface area contributed by atoms with Crippen molar-refractivity contribution >= 4 is 17.8 Å². The minimum Gasteiger partial charge on any atom is -0.378 e. The fourth-order valence-corrected chi connectivity index (χ4v) is 6.28. The van der Waals surface area contributed by atoms with Crippen molar-refractivity contribution in [1.29, 1.82) is 0 Å². The number of nitrogens with zero attached hydrogens (tertiary/aromatic N) is 4. The summed E-state index contributed by atoms with van der Waals surface area (Å²) >= 11 is 0. The number of hydrogen-bond acceptors (Lipinski definition) is 5. The number of fused-ring (bicyclic) bond motifs is 3. The zero-order valence-corrected chi connectivity index (χ0v) is 21.6. The number of carbonyl (C=O) groups excluding carboxylic acids is 2. The summed E-state index contributed by atoms with van der Waals surface area (Å²) in [6.45, 7) is 1.54. The van der Waals surface area contributed by atoms with E-state index in [9.17, 15) is 18.4 Å². The molecule has 3 amide bonds. The first-order valence-electron chi connectivity index (χ1n) is 13.2. The summed E-state index contributed by atoms with van der Waals surface area (Å²) in [5.41, 5.74) is 1.34. The van der Waals surface area contributed by atoms with E-state index in [-0.39, 0.29) is 17.9 Å². The molecule has 0 unspecified atom stereocenters. The number of aromatic nitrogens is 3. The Morgan fingerprint density at radius 3 is 2.79 bits per heavy atom. The molecule has 11 heteroatoms. The van der Waals surface area contributed by atoms with Gasteiger partial charge in [-0.25, -0.2) is 23.5 Å². The van der Waals surface area contributed by atoms with Crippen molar-refractivity contribution in [3.05, 3.63) is 77.0 Å². The topological polar surface area (TPSA) is 101 Å². The van der Waals surface area contributed by atoms with Gasteiger partial charge in [0.15, 0.2) is 11.6 Å². The molecule has 0 bridgehead atoms. The van der Waals surface area contributed by atoms with Gasteiger partial charge in [0.2, 0.25) is 5.91 Å². The molecule has 2 N–H and O–H groups in total. The molecular formula is C28H30F2N6O3. The van der Waals surface area contributed by atoms with Crippen LogP contribution in [0.5, 0.6) is 0 Å². The molecule has 204 valence electrons. The predicted octanol–water partition coefficient (Wildman–Crippen LogP) is 4.02. The molecule has 9 nitrogen and oxygen atoms in total. The molecule has 39 heavy (non-hydrogen) atoms. The van der Waals surface area contributed by atoms with Gasteiger partial charge in [-0.2, -0.15) is 0 Å². The molecule has 0 saturated carbocycles. The summed E-state index contributed by atoms with van der Waals surface area (Å²) in [6, 6.07) is 7.35. The summed E-state index contributed by atoms with van der Waals surface area (Å²) < 4.78 is 36.1. The molecule has 1 aromatic carbocycles. The quantitative estimate of drug-likeness (QED) is 0.525. The van der Waals surface area contributed by atoms with Crippen molar-refractivity contribution in [2.24, 2.45) is 0 Å². The molecule has 3 aliphatic rings. The smallest absolute Gasteiger partial charge is 0.317 e. The van der Waals surface area contributed by atoms with Crippen LogP contribution < -0.4 is 10.6 Å². The number of benzene rings is 1. The molecule has 0 radical (unpaired) electrons. The second-order valence-corrected chi connectivity index (χ2v) is 10.5. The first-order chi connectivity index (χ1) is 18.9. The van der Waals surface area contributed by atoms with E-state index in [0.717, 1.165) is 17.3 Å². The van der Waals surface area contributed by atoms with Crippen LogP contribution in [0, 0.1) is 11.6 Å². The third-order valence-corrected chi connectivity index (χ3v) is 8.39. The molecule has 1 spiro atoms. The lowest BCUT2D eigenvalue weighted by atomic mass is 9.74. The van der Waals surface area contributed by atoms with Gasteiger partial charge in [0.1, 0.15) is 11.6 Å². The highest BCUT2D eigenvalue weighted by atomic mass is 19.2. The number of urea groups is 1. The molecule has 0 aliphatic carbocycles. The Kier molecular flexibility index (Phi) is 6.54. The van der Waals surface area contributed by atoms with Gasteiger partial charge in [-0.05, 0) is 43.4 Å². The number of piperidine rings is 1. The zero-order chi connectivity index (χ0) is 27.1. The second kappa shape index (κ2) is 10.0. The summed E-state index contributed by atoms with van der Waals surface area (Å²) in [4.78, 5) is 36.9. The number of ether oxygens (including phenoxy) is 1. The highest BCUT2D eigenvalue weighted by molar-refractivity contribution is 6.05. The molecule has 3 aromatic rings. The van der Waals surface area contributed by atoms with E-state index in [2.05, 4.69) is 20.6 Å². The molecule has 5 heterocycles. The Bertz CT molecular complexity index is 1420. The lowest BCUT2D eigenvalue weighted by Crippen LogP contribution is -2.51. The van der Waals surface area contributed by atoms with Crippen LogP contribution in [0.2, 0.25) is 0 Å². The van der Waals surface area contributed by atoms with E-state index >= 15 is 0 Å². The molecule has 1 saturated heterocycles. The average molecular weight is 537 g/mol. The van der Waals surface area contributed by atoms with Gasteiger partial charge >= 0.3 is 6.03 Å². The van der Waals surface area contributed by atoms with Gasteiger partial charge < -0.3 is 24.8 Å². The van der Waals surface area contributed by atoms with Crippen molar-refractivity contribution in [1.82, 2.24) is 24.8 Å². The van der Waals surface area contributed by atoms with Gasteiger partial charge in [-0.3, -0.25) is 4.79 Å². The molecular weight excluding hydrogens is 506 g/mol. The average Bonchev–Trinajstić information content (AvgIpc) is 3.39. The number of halogens is 2. The Hall–Kier alpha value is -3.86. The minimum absolute atomic E-state index is 0.0663. The highest BCUT2D eigenvalue weighted by Crippen LogP contribution is 2.44. The number of carbonyl (C=O) groups is 2. The number of anilines is 1. The number of hydrogen-bond donors (Lipinski definition) is 2. The standard InChI is InChI=1S/C28H30F2N6O3/c1-39-16-18-14-32-25-22(8-7-17(15-36(18)25)19-4-2-6-21(29)23(19)30)33-27(38)35-12-9-28(10-13-35)20-5-3-11-31-24(20)34-26(28)37/h2-6,11,14,17,22H,7-10,12-13,15-16H2,1H3,(H,33,38)(H,31,34,37)/t17-,22-/m1/s1. The summed E-state index contributed by atoms with van der Waals surface area (Å²) in [6.07, 6.45) is 5.41. The van der Waals surface area contributed by atoms with Crippen LogP contribution in [0.3, 0.4) is 0 Å². The van der Waals surface area contributed by atoms with E-state index in [1.165, 1.54) is 6.07 Å². The monoisotopic (exact) mass is 536 g/mol. The Balaban J connectivity index is 1.20. The highest BCUT2D eigenvalue weighted by Gasteiger charge is 2.49. The van der Waals surface area contributed by atoms with E-state index in [1.54, 1.807) is 30.5 Å². The first kappa shape index (κ1) is 25.4. The lowest BCUT2D eigenvalue weighted by molar-refractivity contribution is -0.122. The maximum Gasteiger partial charge on any atom is 0.317 e. The van der Waals surface area contributed by atoms with E-state index in [0.29, 0.717) is 69.1 Å². The maximum atomic E-state index is 14.7. The van der Waals surface area contributed by atoms with Crippen LogP contribution in [0.15, 0.2) is 42.7 Å². The summed E-state index contributed by atoms with van der Waals surface area (Å²) in [7, 11) is 1.59. The van der Waals surface area contributed by atoms with Crippen molar-refractivity contribution in [2.45, 2.75) is 56.2 Å². The normalized spacial score (nSPS) is 21.7.